The SMILES string of the molecule is CC(NOC(C)(C)C)c1ccc(Cl)c(F)c1. The van der Waals surface area contributed by atoms with Crippen molar-refractivity contribution in [2.45, 2.75) is 39.3 Å². The molecule has 4 heteroatoms. The van der Waals surface area contributed by atoms with Gasteiger partial charge in [-0.25, -0.2) is 4.39 Å². The van der Waals surface area contributed by atoms with E-state index in [-0.39, 0.29) is 16.7 Å². The molecule has 0 aliphatic rings. The van der Waals surface area contributed by atoms with Crippen LogP contribution in [0.4, 0.5) is 4.39 Å². The van der Waals surface area contributed by atoms with Crippen LogP contribution in [0.3, 0.4) is 0 Å². The highest BCUT2D eigenvalue weighted by molar-refractivity contribution is 6.30. The molecule has 2 nitrogen and oxygen atoms in total. The molecule has 1 rings (SSSR count). The summed E-state index contributed by atoms with van der Waals surface area (Å²) in [5.41, 5.74) is 3.39. The first kappa shape index (κ1) is 13.4. The van der Waals surface area contributed by atoms with E-state index in [1.165, 1.54) is 6.07 Å². The largest absolute Gasteiger partial charge is 0.296 e. The van der Waals surface area contributed by atoms with E-state index < -0.39 is 5.82 Å². The summed E-state index contributed by atoms with van der Waals surface area (Å²) >= 11 is 5.61. The van der Waals surface area contributed by atoms with Crippen molar-refractivity contribution < 1.29 is 9.23 Å². The molecule has 0 aliphatic carbocycles. The Labute approximate surface area is 101 Å². The summed E-state index contributed by atoms with van der Waals surface area (Å²) < 4.78 is 13.2. The molecule has 0 heterocycles. The Morgan fingerprint density at radius 3 is 2.50 bits per heavy atom. The van der Waals surface area contributed by atoms with E-state index in [0.29, 0.717) is 0 Å². The Kier molecular flexibility index (Phi) is 4.30. The van der Waals surface area contributed by atoms with E-state index in [9.17, 15) is 4.39 Å². The first-order chi connectivity index (χ1) is 7.29. The predicted octanol–water partition coefficient (Wildman–Crippen LogP) is 3.86. The predicted molar refractivity (Wildman–Crippen MR) is 63.8 cm³/mol. The maximum absolute atomic E-state index is 13.2. The first-order valence-electron chi connectivity index (χ1n) is 5.18. The average Bonchev–Trinajstić information content (AvgIpc) is 2.17. The average molecular weight is 246 g/mol. The van der Waals surface area contributed by atoms with E-state index in [1.807, 2.05) is 27.7 Å². The van der Waals surface area contributed by atoms with Gasteiger partial charge in [0, 0.05) is 0 Å². The van der Waals surface area contributed by atoms with Gasteiger partial charge in [0.05, 0.1) is 16.7 Å². The topological polar surface area (TPSA) is 21.3 Å². The Morgan fingerprint density at radius 2 is 2.00 bits per heavy atom. The molecule has 16 heavy (non-hydrogen) atoms. The van der Waals surface area contributed by atoms with Gasteiger partial charge in [0.25, 0.3) is 0 Å². The van der Waals surface area contributed by atoms with Crippen molar-refractivity contribution >= 4 is 11.6 Å². The van der Waals surface area contributed by atoms with E-state index in [2.05, 4.69) is 5.48 Å². The second-order valence-electron chi connectivity index (χ2n) is 4.73. The van der Waals surface area contributed by atoms with Gasteiger partial charge in [0.15, 0.2) is 0 Å². The lowest BCUT2D eigenvalue weighted by atomic mass is 10.1. The molecular weight excluding hydrogens is 229 g/mol. The summed E-state index contributed by atoms with van der Waals surface area (Å²) in [7, 11) is 0. The summed E-state index contributed by atoms with van der Waals surface area (Å²) in [6, 6.07) is 4.63. The highest BCUT2D eigenvalue weighted by Crippen LogP contribution is 2.20. The van der Waals surface area contributed by atoms with E-state index in [1.54, 1.807) is 12.1 Å². The summed E-state index contributed by atoms with van der Waals surface area (Å²) in [5, 5.41) is 0.132. The summed E-state index contributed by atoms with van der Waals surface area (Å²) in [6.45, 7) is 7.72. The molecule has 1 unspecified atom stereocenters. The zero-order chi connectivity index (χ0) is 12.3. The van der Waals surface area contributed by atoms with Crippen molar-refractivity contribution in [1.82, 2.24) is 5.48 Å². The van der Waals surface area contributed by atoms with Crippen LogP contribution in [0.25, 0.3) is 0 Å². The Bertz CT molecular complexity index is 363. The summed E-state index contributed by atoms with van der Waals surface area (Å²) in [5.74, 6) is -0.413. The van der Waals surface area contributed by atoms with Gasteiger partial charge in [-0.3, -0.25) is 4.84 Å². The molecule has 1 aromatic rings. The molecule has 1 N–H and O–H groups in total. The maximum atomic E-state index is 13.2. The van der Waals surface area contributed by atoms with Gasteiger partial charge in [-0.05, 0) is 45.4 Å². The third-order valence-electron chi connectivity index (χ3n) is 1.99. The van der Waals surface area contributed by atoms with Crippen LogP contribution in [-0.4, -0.2) is 5.60 Å². The fourth-order valence-electron chi connectivity index (χ4n) is 1.11. The van der Waals surface area contributed by atoms with Crippen LogP contribution in [0.5, 0.6) is 0 Å². The Hall–Kier alpha value is -0.640. The fraction of sp³-hybridized carbons (Fsp3) is 0.500. The van der Waals surface area contributed by atoms with E-state index in [4.69, 9.17) is 16.4 Å². The lowest BCUT2D eigenvalue weighted by Gasteiger charge is -2.23. The number of rotatable bonds is 3. The van der Waals surface area contributed by atoms with Gasteiger partial charge in [-0.2, -0.15) is 5.48 Å². The highest BCUT2D eigenvalue weighted by atomic mass is 35.5. The number of hydrogen-bond acceptors (Lipinski definition) is 2. The van der Waals surface area contributed by atoms with Gasteiger partial charge in [0.2, 0.25) is 0 Å². The first-order valence-corrected chi connectivity index (χ1v) is 5.56. The van der Waals surface area contributed by atoms with Crippen LogP contribution in [0.15, 0.2) is 18.2 Å². The molecule has 0 radical (unpaired) electrons. The fourth-order valence-corrected chi connectivity index (χ4v) is 1.23. The van der Waals surface area contributed by atoms with Gasteiger partial charge >= 0.3 is 0 Å². The molecule has 0 aromatic heterocycles. The molecule has 90 valence electrons. The van der Waals surface area contributed by atoms with Gasteiger partial charge in [-0.1, -0.05) is 17.7 Å². The van der Waals surface area contributed by atoms with Crippen molar-refractivity contribution in [2.24, 2.45) is 0 Å². The van der Waals surface area contributed by atoms with Crippen LogP contribution >= 0.6 is 11.6 Å². The molecule has 1 aromatic carbocycles. The lowest BCUT2D eigenvalue weighted by molar-refractivity contribution is -0.0866. The Morgan fingerprint density at radius 1 is 1.38 bits per heavy atom. The van der Waals surface area contributed by atoms with Crippen molar-refractivity contribution in [3.05, 3.63) is 34.6 Å². The number of hydroxylamine groups is 1. The smallest absolute Gasteiger partial charge is 0.142 e. The monoisotopic (exact) mass is 245 g/mol. The zero-order valence-corrected chi connectivity index (χ0v) is 10.7. The minimum atomic E-state index is -0.413. The van der Waals surface area contributed by atoms with Crippen LogP contribution in [0, 0.1) is 5.82 Å². The molecule has 1 atom stereocenters. The quantitative estimate of drug-likeness (QED) is 0.817. The van der Waals surface area contributed by atoms with Crippen LogP contribution in [0.1, 0.15) is 39.3 Å². The number of hydrogen-bond donors (Lipinski definition) is 1. The van der Waals surface area contributed by atoms with Crippen molar-refractivity contribution in [1.29, 1.82) is 0 Å². The van der Waals surface area contributed by atoms with Gasteiger partial charge < -0.3 is 0 Å². The van der Waals surface area contributed by atoms with Crippen molar-refractivity contribution in [3.63, 3.8) is 0 Å². The number of nitrogens with one attached hydrogen (secondary N) is 1. The van der Waals surface area contributed by atoms with Crippen molar-refractivity contribution in [2.75, 3.05) is 0 Å². The Balaban J connectivity index is 2.66. The third-order valence-corrected chi connectivity index (χ3v) is 2.29. The molecule has 0 bridgehead atoms. The molecular formula is C12H17ClFNO. The molecule has 0 amide bonds. The molecule has 0 fully saturated rings. The maximum Gasteiger partial charge on any atom is 0.142 e. The molecule has 0 aliphatic heterocycles. The molecule has 0 saturated heterocycles. The zero-order valence-electron chi connectivity index (χ0n) is 9.97. The molecule has 0 saturated carbocycles. The minimum Gasteiger partial charge on any atom is -0.296 e. The molecule has 0 spiro atoms. The minimum absolute atomic E-state index is 0.0917. The summed E-state index contributed by atoms with van der Waals surface area (Å²) in [4.78, 5) is 5.41. The lowest BCUT2D eigenvalue weighted by Crippen LogP contribution is -2.31. The van der Waals surface area contributed by atoms with E-state index in [0.717, 1.165) is 5.56 Å². The van der Waals surface area contributed by atoms with Crippen LogP contribution < -0.4 is 5.48 Å². The number of benzene rings is 1. The number of halogens is 2. The summed E-state index contributed by atoms with van der Waals surface area (Å²) in [6.07, 6.45) is 0. The van der Waals surface area contributed by atoms with Gasteiger partial charge in [-0.15, -0.1) is 0 Å². The van der Waals surface area contributed by atoms with Crippen molar-refractivity contribution in [3.8, 4) is 0 Å². The highest BCUT2D eigenvalue weighted by Gasteiger charge is 2.14. The van der Waals surface area contributed by atoms with Crippen LogP contribution in [-0.2, 0) is 4.84 Å². The third kappa shape index (κ3) is 4.08. The van der Waals surface area contributed by atoms with Crippen LogP contribution in [0.2, 0.25) is 5.02 Å². The standard InChI is InChI=1S/C12H17ClFNO/c1-8(15-16-12(2,3)4)9-5-6-10(13)11(14)7-9/h5-8,15H,1-4H3. The van der Waals surface area contributed by atoms with E-state index >= 15 is 0 Å². The second kappa shape index (κ2) is 5.13. The normalized spacial score (nSPS) is 13.9. The van der Waals surface area contributed by atoms with Gasteiger partial charge in [0.1, 0.15) is 5.82 Å². The second-order valence-corrected chi connectivity index (χ2v) is 5.13.